The first-order valence-corrected chi connectivity index (χ1v) is 10.9. The standard InChI is InChI=1S/C23H22ClN3O3S/c1-4-12-27-22(30)19(13-20(29)26-18-7-5-6-14(2)21(18)24)31-23(27)25-17-10-8-16(9-11-17)15(3)28/h4-11,19H,1,12-13H2,2-3H3,(H,26,29)/t19-/m1/s1. The van der Waals surface area contributed by atoms with Crippen molar-refractivity contribution in [1.82, 2.24) is 4.90 Å². The molecule has 0 aromatic heterocycles. The van der Waals surface area contributed by atoms with Crippen LogP contribution in [0.4, 0.5) is 11.4 Å². The topological polar surface area (TPSA) is 78.8 Å². The van der Waals surface area contributed by atoms with Crippen molar-refractivity contribution >= 4 is 57.5 Å². The number of amides is 2. The minimum absolute atomic E-state index is 0.0102. The van der Waals surface area contributed by atoms with Crippen LogP contribution in [-0.4, -0.2) is 39.5 Å². The van der Waals surface area contributed by atoms with E-state index >= 15 is 0 Å². The molecule has 31 heavy (non-hydrogen) atoms. The molecule has 1 fully saturated rings. The van der Waals surface area contributed by atoms with E-state index in [1.165, 1.54) is 23.6 Å². The quantitative estimate of drug-likeness (QED) is 0.470. The average Bonchev–Trinajstić information content (AvgIpc) is 3.01. The number of ketones is 1. The Morgan fingerprint density at radius 3 is 2.61 bits per heavy atom. The first-order valence-electron chi connectivity index (χ1n) is 9.63. The molecule has 3 rings (SSSR count). The van der Waals surface area contributed by atoms with Crippen LogP contribution in [0.1, 0.15) is 29.3 Å². The molecule has 160 valence electrons. The Kier molecular flexibility index (Phi) is 7.30. The first kappa shape index (κ1) is 22.8. The van der Waals surface area contributed by atoms with Crippen LogP contribution in [-0.2, 0) is 9.59 Å². The number of thioether (sulfide) groups is 1. The summed E-state index contributed by atoms with van der Waals surface area (Å²) in [6, 6.07) is 12.2. The van der Waals surface area contributed by atoms with Crippen LogP contribution in [0.15, 0.2) is 60.1 Å². The highest BCUT2D eigenvalue weighted by Crippen LogP contribution is 2.32. The molecule has 1 N–H and O–H groups in total. The highest BCUT2D eigenvalue weighted by atomic mass is 35.5. The lowest BCUT2D eigenvalue weighted by Crippen LogP contribution is -2.33. The van der Waals surface area contributed by atoms with E-state index in [9.17, 15) is 14.4 Å². The fourth-order valence-corrected chi connectivity index (χ4v) is 4.36. The molecule has 1 aliphatic rings. The number of halogens is 1. The van der Waals surface area contributed by atoms with Crippen molar-refractivity contribution in [2.24, 2.45) is 4.99 Å². The predicted octanol–water partition coefficient (Wildman–Crippen LogP) is 5.00. The molecule has 1 saturated heterocycles. The Morgan fingerprint density at radius 1 is 1.26 bits per heavy atom. The second kappa shape index (κ2) is 9.94. The van der Waals surface area contributed by atoms with Gasteiger partial charge in [0, 0.05) is 18.5 Å². The number of nitrogens with zero attached hydrogens (tertiary/aromatic N) is 2. The third-order valence-electron chi connectivity index (χ3n) is 4.67. The molecule has 2 aromatic rings. The number of nitrogens with one attached hydrogen (secondary N) is 1. The lowest BCUT2D eigenvalue weighted by Gasteiger charge is -2.14. The highest BCUT2D eigenvalue weighted by Gasteiger charge is 2.38. The predicted molar refractivity (Wildman–Crippen MR) is 126 cm³/mol. The van der Waals surface area contributed by atoms with Gasteiger partial charge in [0.1, 0.15) is 5.25 Å². The Morgan fingerprint density at radius 2 is 1.97 bits per heavy atom. The fraction of sp³-hybridized carbons (Fsp3) is 0.217. The van der Waals surface area contributed by atoms with Gasteiger partial charge in [0.25, 0.3) is 0 Å². The second-order valence-electron chi connectivity index (χ2n) is 7.03. The number of hydrogen-bond donors (Lipinski definition) is 1. The number of benzene rings is 2. The van der Waals surface area contributed by atoms with Crippen molar-refractivity contribution < 1.29 is 14.4 Å². The summed E-state index contributed by atoms with van der Waals surface area (Å²) in [6.07, 6.45) is 1.60. The third-order valence-corrected chi connectivity index (χ3v) is 6.34. The molecule has 1 atom stereocenters. The fourth-order valence-electron chi connectivity index (χ4n) is 3.02. The van der Waals surface area contributed by atoms with Crippen LogP contribution in [0.5, 0.6) is 0 Å². The molecule has 0 saturated carbocycles. The Hall–Kier alpha value is -2.90. The van der Waals surface area contributed by atoms with E-state index in [1.54, 1.807) is 42.5 Å². The van der Waals surface area contributed by atoms with Crippen molar-refractivity contribution in [2.45, 2.75) is 25.5 Å². The number of rotatable bonds is 7. The second-order valence-corrected chi connectivity index (χ2v) is 8.58. The smallest absolute Gasteiger partial charge is 0.242 e. The zero-order valence-corrected chi connectivity index (χ0v) is 18.8. The van der Waals surface area contributed by atoms with Crippen LogP contribution in [0.25, 0.3) is 0 Å². The summed E-state index contributed by atoms with van der Waals surface area (Å²) >= 11 is 7.48. The molecule has 1 aliphatic heterocycles. The maximum Gasteiger partial charge on any atom is 0.242 e. The average molecular weight is 456 g/mol. The summed E-state index contributed by atoms with van der Waals surface area (Å²) in [7, 11) is 0. The molecule has 0 bridgehead atoms. The lowest BCUT2D eigenvalue weighted by atomic mass is 10.1. The molecule has 0 radical (unpaired) electrons. The normalized spacial score (nSPS) is 17.1. The van der Waals surface area contributed by atoms with Crippen LogP contribution >= 0.6 is 23.4 Å². The Balaban J connectivity index is 1.75. The molecule has 8 heteroatoms. The number of anilines is 1. The van der Waals surface area contributed by atoms with E-state index in [-0.39, 0.29) is 30.6 Å². The largest absolute Gasteiger partial charge is 0.325 e. The number of aliphatic imine (C=N–C) groups is 1. The van der Waals surface area contributed by atoms with E-state index in [1.807, 2.05) is 13.0 Å². The minimum Gasteiger partial charge on any atom is -0.325 e. The van der Waals surface area contributed by atoms with Crippen LogP contribution < -0.4 is 5.32 Å². The summed E-state index contributed by atoms with van der Waals surface area (Å²) in [4.78, 5) is 42.9. The van der Waals surface area contributed by atoms with Gasteiger partial charge in [-0.05, 0) is 49.7 Å². The number of amidine groups is 1. The van der Waals surface area contributed by atoms with E-state index < -0.39 is 5.25 Å². The summed E-state index contributed by atoms with van der Waals surface area (Å²) in [5.41, 5.74) is 2.58. The molecule has 1 heterocycles. The van der Waals surface area contributed by atoms with Gasteiger partial charge < -0.3 is 5.32 Å². The molecule has 2 amide bonds. The van der Waals surface area contributed by atoms with E-state index in [2.05, 4.69) is 16.9 Å². The molecule has 2 aromatic carbocycles. The van der Waals surface area contributed by atoms with Crippen molar-refractivity contribution in [3.63, 3.8) is 0 Å². The summed E-state index contributed by atoms with van der Waals surface area (Å²) in [5.74, 6) is -0.531. The van der Waals surface area contributed by atoms with Gasteiger partial charge in [-0.25, -0.2) is 4.99 Å². The lowest BCUT2D eigenvalue weighted by molar-refractivity contribution is -0.127. The summed E-state index contributed by atoms with van der Waals surface area (Å²) in [5, 5.41) is 3.15. The number of Topliss-reactive ketones (excluding diaryl/α,β-unsaturated/α-hetero) is 1. The maximum absolute atomic E-state index is 12.9. The van der Waals surface area contributed by atoms with Crippen LogP contribution in [0, 0.1) is 6.92 Å². The van der Waals surface area contributed by atoms with E-state index in [4.69, 9.17) is 11.6 Å². The van der Waals surface area contributed by atoms with Crippen molar-refractivity contribution in [1.29, 1.82) is 0 Å². The van der Waals surface area contributed by atoms with Gasteiger partial charge >= 0.3 is 0 Å². The van der Waals surface area contributed by atoms with Gasteiger partial charge in [0.05, 0.1) is 16.4 Å². The Bertz CT molecular complexity index is 1070. The molecule has 0 aliphatic carbocycles. The van der Waals surface area contributed by atoms with Gasteiger partial charge in [0.2, 0.25) is 11.8 Å². The molecule has 6 nitrogen and oxygen atoms in total. The van der Waals surface area contributed by atoms with Gasteiger partial charge in [0.15, 0.2) is 11.0 Å². The minimum atomic E-state index is -0.598. The van der Waals surface area contributed by atoms with Gasteiger partial charge in [-0.3, -0.25) is 19.3 Å². The highest BCUT2D eigenvalue weighted by molar-refractivity contribution is 8.15. The van der Waals surface area contributed by atoms with Crippen molar-refractivity contribution in [3.05, 3.63) is 71.3 Å². The number of carbonyl (C=O) groups excluding carboxylic acids is 3. The van der Waals surface area contributed by atoms with Crippen LogP contribution in [0.2, 0.25) is 5.02 Å². The zero-order chi connectivity index (χ0) is 22.5. The molecular weight excluding hydrogens is 434 g/mol. The monoisotopic (exact) mass is 455 g/mol. The van der Waals surface area contributed by atoms with E-state index in [0.29, 0.717) is 27.1 Å². The van der Waals surface area contributed by atoms with Crippen LogP contribution in [0.3, 0.4) is 0 Å². The van der Waals surface area contributed by atoms with Crippen molar-refractivity contribution in [3.8, 4) is 0 Å². The summed E-state index contributed by atoms with van der Waals surface area (Å²) < 4.78 is 0. The molecule has 0 spiro atoms. The van der Waals surface area contributed by atoms with E-state index in [0.717, 1.165) is 5.56 Å². The van der Waals surface area contributed by atoms with Gasteiger partial charge in [-0.15, -0.1) is 6.58 Å². The van der Waals surface area contributed by atoms with Gasteiger partial charge in [-0.2, -0.15) is 0 Å². The Labute approximate surface area is 190 Å². The SMILES string of the molecule is C=CCN1C(=O)[C@@H](CC(=O)Nc2cccc(C)c2Cl)SC1=Nc1ccc(C(C)=O)cc1. The number of aryl methyl sites for hydroxylation is 1. The summed E-state index contributed by atoms with van der Waals surface area (Å²) in [6.45, 7) is 7.34. The zero-order valence-electron chi connectivity index (χ0n) is 17.2. The van der Waals surface area contributed by atoms with Gasteiger partial charge in [-0.1, -0.05) is 41.6 Å². The third kappa shape index (κ3) is 5.42. The molecule has 0 unspecified atom stereocenters. The first-order chi connectivity index (χ1) is 14.8. The molecular formula is C23H22ClN3O3S. The number of hydrogen-bond acceptors (Lipinski definition) is 5. The maximum atomic E-state index is 12.9. The van der Waals surface area contributed by atoms with Crippen molar-refractivity contribution in [2.75, 3.05) is 11.9 Å². The number of carbonyl (C=O) groups is 3.